The number of hydrogen-bond acceptors (Lipinski definition) is 5. The Balaban J connectivity index is 0.00000192. The molecule has 124 valence electrons. The Morgan fingerprint density at radius 3 is 2.91 bits per heavy atom. The number of amides is 1. The summed E-state index contributed by atoms with van der Waals surface area (Å²) in [5, 5.41) is 18.2. The summed E-state index contributed by atoms with van der Waals surface area (Å²) in [6, 6.07) is 4.33. The Morgan fingerprint density at radius 1 is 1.57 bits per heavy atom. The molecule has 3 rings (SSSR count). The van der Waals surface area contributed by atoms with Gasteiger partial charge in [0.2, 0.25) is 0 Å². The van der Waals surface area contributed by atoms with Crippen LogP contribution in [0, 0.1) is 15.5 Å². The van der Waals surface area contributed by atoms with Crippen LogP contribution in [0.4, 0.5) is 5.69 Å². The summed E-state index contributed by atoms with van der Waals surface area (Å²) >= 11 is 0. The lowest BCUT2D eigenvalue weighted by Crippen LogP contribution is -2.34. The van der Waals surface area contributed by atoms with Gasteiger partial charge in [-0.25, -0.2) is 0 Å². The van der Waals surface area contributed by atoms with Crippen molar-refractivity contribution in [2.24, 2.45) is 11.1 Å². The van der Waals surface area contributed by atoms with Gasteiger partial charge in [-0.05, 0) is 24.4 Å². The number of aromatic amines is 1. The quantitative estimate of drug-likeness (QED) is 0.651. The fourth-order valence-electron chi connectivity index (χ4n) is 2.79. The van der Waals surface area contributed by atoms with Crippen LogP contribution in [0.3, 0.4) is 0 Å². The Bertz CT molecular complexity index is 762. The van der Waals surface area contributed by atoms with Gasteiger partial charge < -0.3 is 10.6 Å². The molecule has 1 aromatic heterocycles. The number of nitrogens with zero attached hydrogens (tertiary/aromatic N) is 3. The summed E-state index contributed by atoms with van der Waals surface area (Å²) in [6.45, 7) is 3.76. The SMILES string of the molecule is CC1(CN)CCN(C(=O)c2n[nH]c3ccc([N+](=O)[O-])cc23)C1.Cl. The predicted molar refractivity (Wildman–Crippen MR) is 87.7 cm³/mol. The lowest BCUT2D eigenvalue weighted by atomic mass is 9.90. The van der Waals surface area contributed by atoms with Gasteiger partial charge >= 0.3 is 0 Å². The largest absolute Gasteiger partial charge is 0.337 e. The highest BCUT2D eigenvalue weighted by atomic mass is 35.5. The Kier molecular flexibility index (Phi) is 4.58. The lowest BCUT2D eigenvalue weighted by Gasteiger charge is -2.22. The van der Waals surface area contributed by atoms with E-state index in [1.54, 1.807) is 11.0 Å². The number of nitrogens with one attached hydrogen (secondary N) is 1. The monoisotopic (exact) mass is 339 g/mol. The van der Waals surface area contributed by atoms with Crippen molar-refractivity contribution < 1.29 is 9.72 Å². The van der Waals surface area contributed by atoms with E-state index in [1.165, 1.54) is 12.1 Å². The number of non-ortho nitro benzene ring substituents is 1. The zero-order valence-corrected chi connectivity index (χ0v) is 13.4. The minimum absolute atomic E-state index is 0. The molecule has 23 heavy (non-hydrogen) atoms. The number of halogens is 1. The van der Waals surface area contributed by atoms with Gasteiger partial charge in [0.05, 0.1) is 10.4 Å². The number of aromatic nitrogens is 2. The molecular weight excluding hydrogens is 322 g/mol. The summed E-state index contributed by atoms with van der Waals surface area (Å²) < 4.78 is 0. The van der Waals surface area contributed by atoms with Crippen LogP contribution in [0.5, 0.6) is 0 Å². The fraction of sp³-hybridized carbons (Fsp3) is 0.429. The van der Waals surface area contributed by atoms with Crippen LogP contribution >= 0.6 is 12.4 Å². The number of carbonyl (C=O) groups is 1. The molecule has 0 spiro atoms. The second kappa shape index (κ2) is 6.13. The van der Waals surface area contributed by atoms with Gasteiger partial charge in [-0.3, -0.25) is 20.0 Å². The van der Waals surface area contributed by atoms with E-state index in [0.29, 0.717) is 30.5 Å². The highest BCUT2D eigenvalue weighted by molar-refractivity contribution is 6.05. The molecule has 1 fully saturated rings. The highest BCUT2D eigenvalue weighted by Gasteiger charge is 2.36. The third kappa shape index (κ3) is 2.99. The number of nitrogens with two attached hydrogens (primary N) is 1. The molecule has 2 aromatic rings. The number of hydrogen-bond donors (Lipinski definition) is 2. The van der Waals surface area contributed by atoms with Crippen molar-refractivity contribution in [1.29, 1.82) is 0 Å². The van der Waals surface area contributed by atoms with Crippen molar-refractivity contribution >= 4 is 34.9 Å². The first-order valence-electron chi connectivity index (χ1n) is 7.05. The van der Waals surface area contributed by atoms with Crippen molar-refractivity contribution in [2.75, 3.05) is 19.6 Å². The third-order valence-corrected chi connectivity index (χ3v) is 4.30. The van der Waals surface area contributed by atoms with Crippen LogP contribution in [-0.2, 0) is 0 Å². The smallest absolute Gasteiger partial charge is 0.275 e. The standard InChI is InChI=1S/C14H17N5O3.ClH/c1-14(7-15)4-5-18(8-14)13(20)12-10-6-9(19(21)22)2-3-11(10)16-17-12;/h2-3,6H,4-5,7-8,15H2,1H3,(H,16,17);1H. The zero-order chi connectivity index (χ0) is 15.9. The first-order chi connectivity index (χ1) is 10.4. The Labute approximate surface area is 138 Å². The average molecular weight is 340 g/mol. The van der Waals surface area contributed by atoms with Crippen molar-refractivity contribution in [3.63, 3.8) is 0 Å². The van der Waals surface area contributed by atoms with Crippen LogP contribution < -0.4 is 5.73 Å². The van der Waals surface area contributed by atoms with E-state index in [0.717, 1.165) is 6.42 Å². The topological polar surface area (TPSA) is 118 Å². The fourth-order valence-corrected chi connectivity index (χ4v) is 2.79. The van der Waals surface area contributed by atoms with E-state index < -0.39 is 4.92 Å². The van der Waals surface area contributed by atoms with Gasteiger partial charge in [-0.2, -0.15) is 5.10 Å². The summed E-state index contributed by atoms with van der Waals surface area (Å²) in [4.78, 5) is 24.8. The molecule has 2 heterocycles. The van der Waals surface area contributed by atoms with Crippen molar-refractivity contribution in [1.82, 2.24) is 15.1 Å². The summed E-state index contributed by atoms with van der Waals surface area (Å²) in [6.07, 6.45) is 0.845. The molecule has 1 amide bonds. The number of benzene rings is 1. The molecular formula is C14H18ClN5O3. The second-order valence-corrected chi connectivity index (χ2v) is 6.05. The van der Waals surface area contributed by atoms with Gasteiger partial charge in [0.25, 0.3) is 11.6 Å². The van der Waals surface area contributed by atoms with Crippen LogP contribution in [0.2, 0.25) is 0 Å². The Hall–Kier alpha value is -2.19. The predicted octanol–water partition coefficient (Wildman–Crippen LogP) is 1.70. The number of rotatable bonds is 3. The molecule has 0 bridgehead atoms. The number of carbonyl (C=O) groups excluding carboxylic acids is 1. The number of H-pyrrole nitrogens is 1. The molecule has 1 atom stereocenters. The number of nitro benzene ring substituents is 1. The number of fused-ring (bicyclic) bond motifs is 1. The summed E-state index contributed by atoms with van der Waals surface area (Å²) in [7, 11) is 0. The molecule has 0 aliphatic carbocycles. The molecule has 1 aliphatic rings. The molecule has 0 radical (unpaired) electrons. The van der Waals surface area contributed by atoms with Crippen LogP contribution in [0.1, 0.15) is 23.8 Å². The molecule has 1 aliphatic heterocycles. The van der Waals surface area contributed by atoms with E-state index in [1.807, 2.05) is 6.92 Å². The van der Waals surface area contributed by atoms with Crippen molar-refractivity contribution in [3.8, 4) is 0 Å². The summed E-state index contributed by atoms with van der Waals surface area (Å²) in [5.41, 5.74) is 6.45. The minimum atomic E-state index is -0.484. The van der Waals surface area contributed by atoms with E-state index >= 15 is 0 Å². The third-order valence-electron chi connectivity index (χ3n) is 4.30. The molecule has 9 heteroatoms. The highest BCUT2D eigenvalue weighted by Crippen LogP contribution is 2.30. The lowest BCUT2D eigenvalue weighted by molar-refractivity contribution is -0.384. The van der Waals surface area contributed by atoms with Crippen LogP contribution in [0.15, 0.2) is 18.2 Å². The molecule has 8 nitrogen and oxygen atoms in total. The molecule has 1 unspecified atom stereocenters. The van der Waals surface area contributed by atoms with Gasteiger partial charge in [0.15, 0.2) is 5.69 Å². The van der Waals surface area contributed by atoms with Gasteiger partial charge in [0, 0.05) is 30.6 Å². The minimum Gasteiger partial charge on any atom is -0.337 e. The molecule has 1 aromatic carbocycles. The van der Waals surface area contributed by atoms with Gasteiger partial charge in [-0.15, -0.1) is 12.4 Å². The van der Waals surface area contributed by atoms with E-state index in [2.05, 4.69) is 10.2 Å². The van der Waals surface area contributed by atoms with Crippen molar-refractivity contribution in [3.05, 3.63) is 34.0 Å². The van der Waals surface area contributed by atoms with E-state index in [-0.39, 0.29) is 35.1 Å². The first-order valence-corrected chi connectivity index (χ1v) is 7.05. The van der Waals surface area contributed by atoms with Crippen LogP contribution in [0.25, 0.3) is 10.9 Å². The van der Waals surface area contributed by atoms with E-state index in [9.17, 15) is 14.9 Å². The second-order valence-electron chi connectivity index (χ2n) is 6.05. The molecule has 0 saturated carbocycles. The molecule has 1 saturated heterocycles. The maximum Gasteiger partial charge on any atom is 0.275 e. The number of likely N-dealkylation sites (tertiary alicyclic amines) is 1. The van der Waals surface area contributed by atoms with Gasteiger partial charge in [-0.1, -0.05) is 6.92 Å². The maximum absolute atomic E-state index is 12.6. The first kappa shape index (κ1) is 17.2. The van der Waals surface area contributed by atoms with Gasteiger partial charge in [0.1, 0.15) is 0 Å². The molecule has 3 N–H and O–H groups in total. The average Bonchev–Trinajstić information content (AvgIpc) is 3.10. The van der Waals surface area contributed by atoms with Crippen molar-refractivity contribution in [2.45, 2.75) is 13.3 Å². The summed E-state index contributed by atoms with van der Waals surface area (Å²) in [5.74, 6) is -0.219. The normalized spacial score (nSPS) is 20.5. The maximum atomic E-state index is 12.6. The Morgan fingerprint density at radius 2 is 2.30 bits per heavy atom. The number of nitro groups is 1. The van der Waals surface area contributed by atoms with E-state index in [4.69, 9.17) is 5.73 Å². The van der Waals surface area contributed by atoms with Crippen LogP contribution in [-0.4, -0.2) is 45.6 Å². The zero-order valence-electron chi connectivity index (χ0n) is 12.6.